The van der Waals surface area contributed by atoms with E-state index >= 15 is 0 Å². The minimum Gasteiger partial charge on any atom is -0.326 e. The van der Waals surface area contributed by atoms with Crippen molar-refractivity contribution in [2.75, 3.05) is 23.7 Å². The monoisotopic (exact) mass is 275 g/mol. The first kappa shape index (κ1) is 14.5. The molecule has 2 rings (SSSR count). The number of amides is 2. The lowest BCUT2D eigenvalue weighted by Gasteiger charge is -2.14. The first-order chi connectivity index (χ1) is 9.60. The molecule has 0 saturated carbocycles. The molecule has 0 aliphatic carbocycles. The van der Waals surface area contributed by atoms with E-state index in [4.69, 9.17) is 0 Å². The maximum absolute atomic E-state index is 12.2. The van der Waals surface area contributed by atoms with Gasteiger partial charge in [0.15, 0.2) is 0 Å². The molecule has 5 nitrogen and oxygen atoms in total. The third kappa shape index (κ3) is 3.57. The summed E-state index contributed by atoms with van der Waals surface area (Å²) in [6.45, 7) is 5.47. The third-order valence-corrected chi connectivity index (χ3v) is 3.59. The molecule has 1 aliphatic heterocycles. The number of hydrogen-bond acceptors (Lipinski definition) is 3. The number of carbonyl (C=O) groups is 2. The van der Waals surface area contributed by atoms with E-state index in [1.165, 1.54) is 0 Å². The van der Waals surface area contributed by atoms with Crippen LogP contribution in [0.2, 0.25) is 0 Å². The Hall–Kier alpha value is -1.88. The normalized spacial score (nSPS) is 21.5. The van der Waals surface area contributed by atoms with E-state index < -0.39 is 0 Å². The number of nitrogens with one attached hydrogen (secondary N) is 3. The first-order valence-corrected chi connectivity index (χ1v) is 7.01. The van der Waals surface area contributed by atoms with Crippen LogP contribution >= 0.6 is 0 Å². The van der Waals surface area contributed by atoms with Crippen LogP contribution in [0.15, 0.2) is 24.3 Å². The summed E-state index contributed by atoms with van der Waals surface area (Å²) in [7, 11) is 0. The summed E-state index contributed by atoms with van der Waals surface area (Å²) in [4.78, 5) is 23.5. The zero-order valence-corrected chi connectivity index (χ0v) is 11.9. The van der Waals surface area contributed by atoms with Crippen molar-refractivity contribution < 1.29 is 9.59 Å². The molecular weight excluding hydrogens is 254 g/mol. The van der Waals surface area contributed by atoms with Crippen LogP contribution in [-0.4, -0.2) is 24.9 Å². The summed E-state index contributed by atoms with van der Waals surface area (Å²) in [5, 5.41) is 8.91. The molecule has 0 spiro atoms. The molecule has 0 bridgehead atoms. The lowest BCUT2D eigenvalue weighted by molar-refractivity contribution is -0.120. The zero-order chi connectivity index (χ0) is 14.5. The van der Waals surface area contributed by atoms with E-state index in [1.54, 1.807) is 13.0 Å². The van der Waals surface area contributed by atoms with Gasteiger partial charge in [-0.05, 0) is 30.7 Å². The van der Waals surface area contributed by atoms with Gasteiger partial charge in [-0.15, -0.1) is 0 Å². The Labute approximate surface area is 119 Å². The number of hydrogen-bond donors (Lipinski definition) is 3. The molecule has 1 heterocycles. The maximum atomic E-state index is 12.2. The Morgan fingerprint density at radius 2 is 1.95 bits per heavy atom. The molecule has 3 N–H and O–H groups in total. The fourth-order valence-corrected chi connectivity index (χ4v) is 2.32. The van der Waals surface area contributed by atoms with Gasteiger partial charge in [-0.3, -0.25) is 9.59 Å². The molecule has 5 heteroatoms. The van der Waals surface area contributed by atoms with Crippen LogP contribution in [0.5, 0.6) is 0 Å². The van der Waals surface area contributed by atoms with Crippen LogP contribution in [0.4, 0.5) is 11.4 Å². The fourth-order valence-electron chi connectivity index (χ4n) is 2.32. The summed E-state index contributed by atoms with van der Waals surface area (Å²) < 4.78 is 0. The largest absolute Gasteiger partial charge is 0.326 e. The fraction of sp³-hybridized carbons (Fsp3) is 0.467. The predicted molar refractivity (Wildman–Crippen MR) is 79.5 cm³/mol. The van der Waals surface area contributed by atoms with Crippen LogP contribution in [0, 0.1) is 11.8 Å². The second-order valence-electron chi connectivity index (χ2n) is 5.21. The van der Waals surface area contributed by atoms with Crippen molar-refractivity contribution in [3.05, 3.63) is 24.3 Å². The lowest BCUT2D eigenvalue weighted by atomic mass is 9.97. The molecule has 108 valence electrons. The van der Waals surface area contributed by atoms with Gasteiger partial charge >= 0.3 is 0 Å². The molecule has 0 radical (unpaired) electrons. The Morgan fingerprint density at radius 3 is 2.55 bits per heavy atom. The predicted octanol–water partition coefficient (Wildman–Crippen LogP) is 1.83. The molecule has 20 heavy (non-hydrogen) atoms. The Bertz CT molecular complexity index is 502. The molecule has 1 aromatic carbocycles. The van der Waals surface area contributed by atoms with E-state index in [0.717, 1.165) is 13.1 Å². The Kier molecular flexibility index (Phi) is 4.74. The zero-order valence-electron chi connectivity index (χ0n) is 11.9. The number of benzene rings is 1. The highest BCUT2D eigenvalue weighted by molar-refractivity contribution is 5.95. The highest BCUT2D eigenvalue weighted by atomic mass is 16.2. The van der Waals surface area contributed by atoms with E-state index in [0.29, 0.717) is 23.7 Å². The highest BCUT2D eigenvalue weighted by Gasteiger charge is 2.29. The maximum Gasteiger partial charge on any atom is 0.229 e. The second-order valence-corrected chi connectivity index (χ2v) is 5.21. The van der Waals surface area contributed by atoms with Gasteiger partial charge < -0.3 is 16.0 Å². The van der Waals surface area contributed by atoms with Crippen LogP contribution in [0.1, 0.15) is 20.3 Å². The van der Waals surface area contributed by atoms with Crippen molar-refractivity contribution in [1.29, 1.82) is 0 Å². The van der Waals surface area contributed by atoms with Gasteiger partial charge in [-0.2, -0.15) is 0 Å². The number of anilines is 2. The summed E-state index contributed by atoms with van der Waals surface area (Å²) in [6, 6.07) is 7.23. The topological polar surface area (TPSA) is 70.2 Å². The van der Waals surface area contributed by atoms with Crippen LogP contribution < -0.4 is 16.0 Å². The van der Waals surface area contributed by atoms with Crippen molar-refractivity contribution in [3.63, 3.8) is 0 Å². The standard InChI is InChI=1S/C15H21N3O2/c1-3-14(19)17-11-5-4-6-12(7-11)18-15(20)13-9-16-8-10(13)2/h4-7,10,13,16H,3,8-9H2,1-2H3,(H,17,19)(H,18,20)/t10-,13-/m1/s1. The highest BCUT2D eigenvalue weighted by Crippen LogP contribution is 2.20. The Balaban J connectivity index is 2.00. The number of carbonyl (C=O) groups excluding carboxylic acids is 2. The smallest absolute Gasteiger partial charge is 0.229 e. The van der Waals surface area contributed by atoms with Crippen molar-refractivity contribution in [2.45, 2.75) is 20.3 Å². The van der Waals surface area contributed by atoms with E-state index in [9.17, 15) is 9.59 Å². The van der Waals surface area contributed by atoms with Gasteiger partial charge in [-0.1, -0.05) is 19.9 Å². The Morgan fingerprint density at radius 1 is 1.25 bits per heavy atom. The van der Waals surface area contributed by atoms with Crippen molar-refractivity contribution >= 4 is 23.2 Å². The van der Waals surface area contributed by atoms with Crippen LogP contribution in [0.3, 0.4) is 0 Å². The summed E-state index contributed by atoms with van der Waals surface area (Å²) in [6.07, 6.45) is 0.432. The van der Waals surface area contributed by atoms with Gasteiger partial charge in [-0.25, -0.2) is 0 Å². The summed E-state index contributed by atoms with van der Waals surface area (Å²) in [5.74, 6) is 0.338. The lowest BCUT2D eigenvalue weighted by Crippen LogP contribution is -2.27. The molecule has 1 aliphatic rings. The molecule has 2 atom stereocenters. The number of rotatable bonds is 4. The molecule has 0 unspecified atom stereocenters. The minimum atomic E-state index is -0.0397. The minimum absolute atomic E-state index is 0.00360. The van der Waals surface area contributed by atoms with Crippen molar-refractivity contribution in [3.8, 4) is 0 Å². The molecule has 0 aromatic heterocycles. The second kappa shape index (κ2) is 6.52. The molecule has 1 fully saturated rings. The van der Waals surface area contributed by atoms with Gasteiger partial charge in [0, 0.05) is 24.3 Å². The summed E-state index contributed by atoms with van der Waals surface area (Å²) in [5.41, 5.74) is 1.41. The summed E-state index contributed by atoms with van der Waals surface area (Å²) >= 11 is 0. The van der Waals surface area contributed by atoms with Gasteiger partial charge in [0.1, 0.15) is 0 Å². The quantitative estimate of drug-likeness (QED) is 0.785. The van der Waals surface area contributed by atoms with Gasteiger partial charge in [0.05, 0.1) is 5.92 Å². The molecule has 2 amide bonds. The van der Waals surface area contributed by atoms with Gasteiger partial charge in [0.2, 0.25) is 11.8 Å². The average Bonchev–Trinajstić information content (AvgIpc) is 2.85. The average molecular weight is 275 g/mol. The molecule has 1 aromatic rings. The van der Waals surface area contributed by atoms with Crippen molar-refractivity contribution in [1.82, 2.24) is 5.32 Å². The SMILES string of the molecule is CCC(=O)Nc1cccc(NC(=O)[C@@H]2CNC[C@H]2C)c1. The van der Waals surface area contributed by atoms with Crippen LogP contribution in [0.25, 0.3) is 0 Å². The third-order valence-electron chi connectivity index (χ3n) is 3.59. The van der Waals surface area contributed by atoms with E-state index in [1.807, 2.05) is 18.2 Å². The van der Waals surface area contributed by atoms with Crippen LogP contribution in [-0.2, 0) is 9.59 Å². The first-order valence-electron chi connectivity index (χ1n) is 7.01. The van der Waals surface area contributed by atoms with Crippen molar-refractivity contribution in [2.24, 2.45) is 11.8 Å². The molecule has 1 saturated heterocycles. The van der Waals surface area contributed by atoms with E-state index in [-0.39, 0.29) is 17.7 Å². The van der Waals surface area contributed by atoms with Gasteiger partial charge in [0.25, 0.3) is 0 Å². The molecular formula is C15H21N3O2. The van der Waals surface area contributed by atoms with E-state index in [2.05, 4.69) is 22.9 Å².